The Labute approximate surface area is 198 Å². The summed E-state index contributed by atoms with van der Waals surface area (Å²) in [5, 5.41) is 15.1. The van der Waals surface area contributed by atoms with Crippen LogP contribution in [0.5, 0.6) is 0 Å². The van der Waals surface area contributed by atoms with E-state index in [1.165, 1.54) is 24.3 Å². The molecule has 2 aromatic rings. The van der Waals surface area contributed by atoms with Gasteiger partial charge in [0.05, 0.1) is 11.0 Å². The number of pyridine rings is 1. The van der Waals surface area contributed by atoms with Crippen molar-refractivity contribution in [3.05, 3.63) is 54.7 Å². The molecule has 34 heavy (non-hydrogen) atoms. The molecule has 1 aromatic carbocycles. The van der Waals surface area contributed by atoms with E-state index in [-0.39, 0.29) is 11.0 Å². The number of hydrogen-bond donors (Lipinski definition) is 5. The van der Waals surface area contributed by atoms with Crippen LogP contribution in [0.3, 0.4) is 0 Å². The average Bonchev–Trinajstić information content (AvgIpc) is 3.31. The van der Waals surface area contributed by atoms with Crippen LogP contribution in [0.25, 0.3) is 0 Å². The summed E-state index contributed by atoms with van der Waals surface area (Å²) in [6, 6.07) is 10.9. The molecule has 1 aliphatic rings. The lowest BCUT2D eigenvalue weighted by Gasteiger charge is -2.17. The third kappa shape index (κ3) is 7.76. The van der Waals surface area contributed by atoms with E-state index >= 15 is 0 Å². The molecule has 12 heteroatoms. The number of unbranched alkanes of at least 4 members (excludes halogenated alkanes) is 1. The minimum absolute atomic E-state index is 0.0588. The number of amides is 1. The van der Waals surface area contributed by atoms with Crippen LogP contribution in [-0.4, -0.2) is 61.7 Å². The first-order valence-corrected chi connectivity index (χ1v) is 12.5. The number of carbonyl (C=O) groups excluding carboxylic acids is 1. The van der Waals surface area contributed by atoms with Gasteiger partial charge in [0.25, 0.3) is 0 Å². The SMILES string of the molecule is O=C(O)[C@H](CNC(=O)[C@@H]1C[C@@H](CCCCNc2ccccn2)ON1)NS(=O)(=O)c1ccccc1. The highest BCUT2D eigenvalue weighted by molar-refractivity contribution is 7.89. The number of nitrogens with one attached hydrogen (secondary N) is 4. The van der Waals surface area contributed by atoms with Crippen molar-refractivity contribution in [1.29, 1.82) is 0 Å². The van der Waals surface area contributed by atoms with E-state index in [4.69, 9.17) is 4.84 Å². The van der Waals surface area contributed by atoms with Gasteiger partial charge in [-0.2, -0.15) is 10.2 Å². The van der Waals surface area contributed by atoms with Crippen LogP contribution in [-0.2, 0) is 24.4 Å². The van der Waals surface area contributed by atoms with E-state index in [0.29, 0.717) is 6.42 Å². The van der Waals surface area contributed by atoms with Gasteiger partial charge in [0.1, 0.15) is 17.9 Å². The van der Waals surface area contributed by atoms with Crippen molar-refractivity contribution in [2.45, 2.75) is 48.8 Å². The molecule has 0 bridgehead atoms. The smallest absolute Gasteiger partial charge is 0.323 e. The molecule has 184 valence electrons. The highest BCUT2D eigenvalue weighted by Crippen LogP contribution is 2.17. The number of nitrogens with zero attached hydrogens (tertiary/aromatic N) is 1. The largest absolute Gasteiger partial charge is 0.480 e. The normalized spacial score (nSPS) is 18.8. The first kappa shape index (κ1) is 25.6. The monoisotopic (exact) mass is 491 g/mol. The van der Waals surface area contributed by atoms with E-state index in [1.807, 2.05) is 18.2 Å². The van der Waals surface area contributed by atoms with E-state index in [9.17, 15) is 23.1 Å². The van der Waals surface area contributed by atoms with Crippen molar-refractivity contribution in [1.82, 2.24) is 20.5 Å². The molecule has 3 atom stereocenters. The second-order valence-corrected chi connectivity index (χ2v) is 9.57. The number of hydrogen-bond acceptors (Lipinski definition) is 8. The van der Waals surface area contributed by atoms with Gasteiger partial charge < -0.3 is 15.7 Å². The Hall–Kier alpha value is -3.06. The van der Waals surface area contributed by atoms with Crippen molar-refractivity contribution in [3.63, 3.8) is 0 Å². The molecule has 11 nitrogen and oxygen atoms in total. The highest BCUT2D eigenvalue weighted by Gasteiger charge is 2.32. The fourth-order valence-electron chi connectivity index (χ4n) is 3.42. The van der Waals surface area contributed by atoms with E-state index in [1.54, 1.807) is 12.3 Å². The fraction of sp³-hybridized carbons (Fsp3) is 0.409. The summed E-state index contributed by atoms with van der Waals surface area (Å²) in [5.74, 6) is -1.03. The van der Waals surface area contributed by atoms with E-state index < -0.39 is 40.5 Å². The summed E-state index contributed by atoms with van der Waals surface area (Å²) in [6.07, 6.45) is 4.58. The predicted octanol–water partition coefficient (Wildman–Crippen LogP) is 0.874. The molecule has 5 N–H and O–H groups in total. The standard InChI is InChI=1S/C22H29N5O6S/c28-21(25-15-19(22(29)30)27-34(31,32)17-9-2-1-3-10-17)18-14-16(33-26-18)8-4-6-12-23-20-11-5-7-13-24-20/h1-3,5,7,9-11,13,16,18-19,26-27H,4,6,8,12,14-15H2,(H,23,24)(H,25,28)(H,29,30)/t16-,18+,19+/m1/s1. The number of sulfonamides is 1. The predicted molar refractivity (Wildman–Crippen MR) is 124 cm³/mol. The summed E-state index contributed by atoms with van der Waals surface area (Å²) < 4.78 is 26.9. The van der Waals surface area contributed by atoms with E-state index in [0.717, 1.165) is 31.6 Å². The first-order chi connectivity index (χ1) is 16.3. The number of anilines is 1. The first-order valence-electron chi connectivity index (χ1n) is 11.0. The van der Waals surface area contributed by atoms with Crippen LogP contribution >= 0.6 is 0 Å². The van der Waals surface area contributed by atoms with Crippen LogP contribution in [0.2, 0.25) is 0 Å². The lowest BCUT2D eigenvalue weighted by molar-refractivity contribution is -0.139. The van der Waals surface area contributed by atoms with Crippen LogP contribution < -0.4 is 20.8 Å². The average molecular weight is 492 g/mol. The molecule has 2 heterocycles. The second kappa shape index (κ2) is 12.4. The number of aromatic nitrogens is 1. The Bertz CT molecular complexity index is 1040. The van der Waals surface area contributed by atoms with Gasteiger partial charge in [-0.05, 0) is 43.5 Å². The minimum Gasteiger partial charge on any atom is -0.480 e. The summed E-state index contributed by atoms with van der Waals surface area (Å²) in [7, 11) is -4.04. The number of aliphatic carboxylic acids is 1. The molecule has 0 unspecified atom stereocenters. The molecule has 1 amide bonds. The maximum atomic E-state index is 12.4. The fourth-order valence-corrected chi connectivity index (χ4v) is 4.63. The number of rotatable bonds is 13. The molecule has 0 spiro atoms. The molecule has 1 aliphatic heterocycles. The van der Waals surface area contributed by atoms with Gasteiger partial charge in [0, 0.05) is 25.7 Å². The maximum absolute atomic E-state index is 12.4. The summed E-state index contributed by atoms with van der Waals surface area (Å²) in [4.78, 5) is 33.6. The highest BCUT2D eigenvalue weighted by atomic mass is 32.2. The third-order valence-electron chi connectivity index (χ3n) is 5.25. The van der Waals surface area contributed by atoms with Gasteiger partial charge in [-0.25, -0.2) is 13.4 Å². The molecule has 1 fully saturated rings. The zero-order chi connectivity index (χ0) is 24.4. The van der Waals surface area contributed by atoms with Crippen molar-refractivity contribution >= 4 is 27.7 Å². The van der Waals surface area contributed by atoms with Crippen LogP contribution in [0, 0.1) is 0 Å². The topological polar surface area (TPSA) is 159 Å². The summed E-state index contributed by atoms with van der Waals surface area (Å²) in [6.45, 7) is 0.374. The quantitative estimate of drug-likeness (QED) is 0.256. The van der Waals surface area contributed by atoms with Gasteiger partial charge in [0.2, 0.25) is 15.9 Å². The van der Waals surface area contributed by atoms with Gasteiger partial charge in [-0.15, -0.1) is 0 Å². The molecule has 1 saturated heterocycles. The molecule has 3 rings (SSSR count). The third-order valence-corrected chi connectivity index (χ3v) is 6.73. The molecule has 1 aromatic heterocycles. The van der Waals surface area contributed by atoms with Crippen LogP contribution in [0.4, 0.5) is 5.82 Å². The Kier molecular flexibility index (Phi) is 9.33. The van der Waals surface area contributed by atoms with Gasteiger partial charge in [-0.3, -0.25) is 14.4 Å². The van der Waals surface area contributed by atoms with Gasteiger partial charge in [-0.1, -0.05) is 24.3 Å². The second-order valence-electron chi connectivity index (χ2n) is 7.85. The summed E-state index contributed by atoms with van der Waals surface area (Å²) >= 11 is 0. The van der Waals surface area contributed by atoms with Crippen molar-refractivity contribution < 1.29 is 28.0 Å². The van der Waals surface area contributed by atoms with Crippen molar-refractivity contribution in [2.75, 3.05) is 18.4 Å². The Balaban J connectivity index is 1.38. The van der Waals surface area contributed by atoms with Crippen molar-refractivity contribution in [2.24, 2.45) is 0 Å². The lowest BCUT2D eigenvalue weighted by Crippen LogP contribution is -2.51. The number of carboxylic acid groups (broad SMARTS) is 1. The number of carbonyl (C=O) groups is 2. The zero-order valence-corrected chi connectivity index (χ0v) is 19.3. The van der Waals surface area contributed by atoms with Gasteiger partial charge >= 0.3 is 5.97 Å². The molecular weight excluding hydrogens is 462 g/mol. The Morgan fingerprint density at radius 1 is 1.15 bits per heavy atom. The number of benzene rings is 1. The van der Waals surface area contributed by atoms with Gasteiger partial charge in [0.15, 0.2) is 0 Å². The van der Waals surface area contributed by atoms with E-state index in [2.05, 4.69) is 25.8 Å². The molecular formula is C22H29N5O6S. The van der Waals surface area contributed by atoms with Crippen LogP contribution in [0.15, 0.2) is 59.6 Å². The Morgan fingerprint density at radius 2 is 1.91 bits per heavy atom. The number of carboxylic acids is 1. The zero-order valence-electron chi connectivity index (χ0n) is 18.5. The molecule has 0 radical (unpaired) electrons. The van der Waals surface area contributed by atoms with Crippen LogP contribution in [0.1, 0.15) is 25.7 Å². The molecule has 0 aliphatic carbocycles. The lowest BCUT2D eigenvalue weighted by atomic mass is 10.1. The summed E-state index contributed by atoms with van der Waals surface area (Å²) in [5.41, 5.74) is 2.68. The van der Waals surface area contributed by atoms with Crippen molar-refractivity contribution in [3.8, 4) is 0 Å². The molecule has 0 saturated carbocycles. The maximum Gasteiger partial charge on any atom is 0.323 e. The minimum atomic E-state index is -4.04. The Morgan fingerprint density at radius 3 is 2.62 bits per heavy atom. The number of hydroxylamine groups is 1.